The molecule has 184 valence electrons. The van der Waals surface area contributed by atoms with Crippen molar-refractivity contribution in [3.05, 3.63) is 47.5 Å². The Morgan fingerprint density at radius 3 is 1.94 bits per heavy atom. The van der Waals surface area contributed by atoms with Gasteiger partial charge in [-0.3, -0.25) is 9.59 Å². The molecule has 0 saturated heterocycles. The maximum Gasteiger partial charge on any atom is 0.408 e. The Labute approximate surface area is 198 Å². The number of methoxy groups -OCH3 is 3. The van der Waals surface area contributed by atoms with Crippen molar-refractivity contribution in [2.45, 2.75) is 32.9 Å². The topological polar surface area (TPSA) is 124 Å². The Balaban J connectivity index is 1.90. The zero-order valence-corrected chi connectivity index (χ0v) is 20.2. The molecule has 3 amide bonds. The van der Waals surface area contributed by atoms with E-state index in [2.05, 4.69) is 16.0 Å². The van der Waals surface area contributed by atoms with E-state index in [1.54, 1.807) is 57.2 Å². The molecule has 0 aliphatic heterocycles. The molecular formula is C24H31N3O7. The van der Waals surface area contributed by atoms with Crippen LogP contribution in [0.3, 0.4) is 0 Å². The molecule has 0 bridgehead atoms. The molecule has 0 aliphatic carbocycles. The summed E-state index contributed by atoms with van der Waals surface area (Å²) in [5.41, 5.74) is 1.09. The van der Waals surface area contributed by atoms with Crippen LogP contribution in [0.4, 0.5) is 10.5 Å². The number of hydrogen-bond acceptors (Lipinski definition) is 7. The van der Waals surface area contributed by atoms with Gasteiger partial charge in [0, 0.05) is 17.8 Å². The molecule has 2 aromatic carbocycles. The highest BCUT2D eigenvalue weighted by Gasteiger charge is 2.18. The van der Waals surface area contributed by atoms with Gasteiger partial charge < -0.3 is 34.9 Å². The van der Waals surface area contributed by atoms with Crippen LogP contribution in [0.25, 0.3) is 0 Å². The van der Waals surface area contributed by atoms with E-state index in [4.69, 9.17) is 18.9 Å². The second kappa shape index (κ2) is 11.8. The molecule has 0 unspecified atom stereocenters. The molecule has 0 aliphatic rings. The van der Waals surface area contributed by atoms with Crippen LogP contribution in [0.5, 0.6) is 17.2 Å². The SMILES string of the molecule is COc1cc(C(=O)NCc2ccc(NC(=O)CNC(=O)OC(C)(C)C)cc2)cc(OC)c1OC. The standard InChI is InChI=1S/C24H31N3O7/c1-24(2,3)34-23(30)26-14-20(28)27-17-9-7-15(8-10-17)13-25-22(29)16-11-18(31-4)21(33-6)19(12-16)32-5/h7-12H,13-14H2,1-6H3,(H,25,29)(H,26,30)(H,27,28). The monoisotopic (exact) mass is 473 g/mol. The molecule has 0 fully saturated rings. The van der Waals surface area contributed by atoms with E-state index >= 15 is 0 Å². The molecule has 34 heavy (non-hydrogen) atoms. The minimum absolute atomic E-state index is 0.221. The second-order valence-corrected chi connectivity index (χ2v) is 8.20. The number of nitrogens with one attached hydrogen (secondary N) is 3. The highest BCUT2D eigenvalue weighted by molar-refractivity contribution is 5.96. The molecule has 0 saturated carbocycles. The van der Waals surface area contributed by atoms with Crippen molar-refractivity contribution < 1.29 is 33.3 Å². The lowest BCUT2D eigenvalue weighted by Crippen LogP contribution is -2.37. The predicted molar refractivity (Wildman–Crippen MR) is 127 cm³/mol. The smallest absolute Gasteiger partial charge is 0.408 e. The van der Waals surface area contributed by atoms with Gasteiger partial charge in [-0.1, -0.05) is 12.1 Å². The molecular weight excluding hydrogens is 442 g/mol. The van der Waals surface area contributed by atoms with Gasteiger partial charge in [-0.05, 0) is 50.6 Å². The number of carbonyl (C=O) groups is 3. The molecule has 10 heteroatoms. The molecule has 0 atom stereocenters. The quantitative estimate of drug-likeness (QED) is 0.511. The van der Waals surface area contributed by atoms with E-state index in [1.165, 1.54) is 21.3 Å². The molecule has 0 aromatic heterocycles. The van der Waals surface area contributed by atoms with Crippen LogP contribution in [0.1, 0.15) is 36.7 Å². The number of ether oxygens (including phenoxy) is 4. The first-order chi connectivity index (χ1) is 16.1. The molecule has 2 aromatic rings. The van der Waals surface area contributed by atoms with Gasteiger partial charge in [-0.2, -0.15) is 0 Å². The second-order valence-electron chi connectivity index (χ2n) is 8.20. The number of rotatable bonds is 9. The Bertz CT molecular complexity index is 989. The van der Waals surface area contributed by atoms with E-state index in [1.807, 2.05) is 0 Å². The zero-order chi connectivity index (χ0) is 25.3. The molecule has 2 rings (SSSR count). The van der Waals surface area contributed by atoms with Gasteiger partial charge in [0.2, 0.25) is 11.7 Å². The maximum absolute atomic E-state index is 12.6. The van der Waals surface area contributed by atoms with Crippen LogP contribution in [-0.4, -0.2) is 51.4 Å². The van der Waals surface area contributed by atoms with Crippen LogP contribution in [0.15, 0.2) is 36.4 Å². The number of amides is 3. The van der Waals surface area contributed by atoms with Gasteiger partial charge in [0.15, 0.2) is 11.5 Å². The van der Waals surface area contributed by atoms with Crippen LogP contribution in [-0.2, 0) is 16.1 Å². The average molecular weight is 474 g/mol. The Morgan fingerprint density at radius 1 is 0.853 bits per heavy atom. The molecule has 0 spiro atoms. The third-order valence-electron chi connectivity index (χ3n) is 4.41. The highest BCUT2D eigenvalue weighted by atomic mass is 16.6. The van der Waals surface area contributed by atoms with Crippen LogP contribution in [0.2, 0.25) is 0 Å². The molecule has 0 radical (unpaired) electrons. The summed E-state index contributed by atoms with van der Waals surface area (Å²) in [5.74, 6) is 0.459. The Kier molecular flexibility index (Phi) is 9.11. The molecule has 10 nitrogen and oxygen atoms in total. The summed E-state index contributed by atoms with van der Waals surface area (Å²) >= 11 is 0. The molecule has 0 heterocycles. The summed E-state index contributed by atoms with van der Waals surface area (Å²) < 4.78 is 20.9. The lowest BCUT2D eigenvalue weighted by molar-refractivity contribution is -0.115. The maximum atomic E-state index is 12.6. The van der Waals surface area contributed by atoms with Gasteiger partial charge in [-0.25, -0.2) is 4.79 Å². The van der Waals surface area contributed by atoms with Crippen LogP contribution < -0.4 is 30.2 Å². The number of hydrogen-bond donors (Lipinski definition) is 3. The fourth-order valence-corrected chi connectivity index (χ4v) is 2.87. The van der Waals surface area contributed by atoms with Gasteiger partial charge in [-0.15, -0.1) is 0 Å². The number of anilines is 1. The summed E-state index contributed by atoms with van der Waals surface area (Å²) in [5, 5.41) is 7.90. The van der Waals surface area contributed by atoms with Crippen LogP contribution in [0, 0.1) is 0 Å². The number of alkyl carbamates (subject to hydrolysis) is 1. The Morgan fingerprint density at radius 2 is 1.44 bits per heavy atom. The van der Waals surface area contributed by atoms with Crippen molar-refractivity contribution in [1.82, 2.24) is 10.6 Å². The van der Waals surface area contributed by atoms with Crippen LogP contribution >= 0.6 is 0 Å². The Hall–Kier alpha value is -3.95. The van der Waals surface area contributed by atoms with E-state index in [-0.39, 0.29) is 19.0 Å². The van der Waals surface area contributed by atoms with E-state index in [9.17, 15) is 14.4 Å². The van der Waals surface area contributed by atoms with Crippen molar-refractivity contribution in [1.29, 1.82) is 0 Å². The zero-order valence-electron chi connectivity index (χ0n) is 20.2. The fraction of sp³-hybridized carbons (Fsp3) is 0.375. The van der Waals surface area contributed by atoms with Gasteiger partial charge in [0.25, 0.3) is 5.91 Å². The highest BCUT2D eigenvalue weighted by Crippen LogP contribution is 2.38. The van der Waals surface area contributed by atoms with Crippen molar-refractivity contribution >= 4 is 23.6 Å². The van der Waals surface area contributed by atoms with Crippen molar-refractivity contribution in [3.8, 4) is 17.2 Å². The normalized spacial score (nSPS) is 10.6. The van der Waals surface area contributed by atoms with Gasteiger partial charge >= 0.3 is 6.09 Å². The van der Waals surface area contributed by atoms with Gasteiger partial charge in [0.1, 0.15) is 12.1 Å². The lowest BCUT2D eigenvalue weighted by atomic mass is 10.1. The third-order valence-corrected chi connectivity index (χ3v) is 4.41. The lowest BCUT2D eigenvalue weighted by Gasteiger charge is -2.19. The largest absolute Gasteiger partial charge is 0.493 e. The summed E-state index contributed by atoms with van der Waals surface area (Å²) in [7, 11) is 4.45. The average Bonchev–Trinajstić information content (AvgIpc) is 2.79. The molecule has 3 N–H and O–H groups in total. The fourth-order valence-electron chi connectivity index (χ4n) is 2.87. The van der Waals surface area contributed by atoms with Crippen molar-refractivity contribution in [2.75, 3.05) is 33.2 Å². The van der Waals surface area contributed by atoms with Crippen molar-refractivity contribution in [2.24, 2.45) is 0 Å². The third kappa shape index (κ3) is 7.88. The number of carbonyl (C=O) groups excluding carboxylic acids is 3. The van der Waals surface area contributed by atoms with E-state index in [0.717, 1.165) is 5.56 Å². The first-order valence-corrected chi connectivity index (χ1v) is 10.5. The van der Waals surface area contributed by atoms with E-state index in [0.29, 0.717) is 28.5 Å². The summed E-state index contributed by atoms with van der Waals surface area (Å²) in [6.45, 7) is 5.26. The summed E-state index contributed by atoms with van der Waals surface area (Å²) in [6, 6.07) is 10.1. The minimum atomic E-state index is -0.666. The number of benzene rings is 2. The summed E-state index contributed by atoms with van der Waals surface area (Å²) in [6.07, 6.45) is -0.666. The van der Waals surface area contributed by atoms with Crippen molar-refractivity contribution in [3.63, 3.8) is 0 Å². The van der Waals surface area contributed by atoms with Gasteiger partial charge in [0.05, 0.1) is 21.3 Å². The predicted octanol–water partition coefficient (Wildman–Crippen LogP) is 3.11. The first kappa shape index (κ1) is 26.3. The first-order valence-electron chi connectivity index (χ1n) is 10.5. The van der Waals surface area contributed by atoms with E-state index < -0.39 is 17.6 Å². The minimum Gasteiger partial charge on any atom is -0.493 e. The summed E-state index contributed by atoms with van der Waals surface area (Å²) in [4.78, 5) is 36.3.